The molecule has 2 aliphatic heterocycles. The Bertz CT molecular complexity index is 391. The average molecular weight is 298 g/mol. The van der Waals surface area contributed by atoms with Crippen molar-refractivity contribution in [3.8, 4) is 0 Å². The van der Waals surface area contributed by atoms with Crippen molar-refractivity contribution < 1.29 is 19.4 Å². The molecular weight excluding hydrogens is 272 g/mol. The van der Waals surface area contributed by atoms with Gasteiger partial charge in [0, 0.05) is 19.6 Å². The van der Waals surface area contributed by atoms with E-state index < -0.39 is 12.1 Å². The number of amides is 2. The van der Waals surface area contributed by atoms with Crippen molar-refractivity contribution >= 4 is 12.0 Å². The van der Waals surface area contributed by atoms with Gasteiger partial charge in [0.25, 0.3) is 0 Å². The summed E-state index contributed by atoms with van der Waals surface area (Å²) in [4.78, 5) is 24.8. The first kappa shape index (κ1) is 16.1. The van der Waals surface area contributed by atoms with Crippen molar-refractivity contribution in [2.45, 2.75) is 58.2 Å². The number of hydrogen-bond donors (Lipinski definition) is 2. The number of likely N-dealkylation sites (tertiary alicyclic amines) is 1. The van der Waals surface area contributed by atoms with E-state index in [4.69, 9.17) is 9.84 Å². The fourth-order valence-electron chi connectivity index (χ4n) is 2.95. The molecule has 2 unspecified atom stereocenters. The fraction of sp³-hybridized carbons (Fsp3) is 0.867. The van der Waals surface area contributed by atoms with Crippen molar-refractivity contribution in [3.63, 3.8) is 0 Å². The number of aliphatic carboxylic acids is 1. The Hall–Kier alpha value is -1.30. The van der Waals surface area contributed by atoms with E-state index in [1.54, 1.807) is 0 Å². The molecule has 0 aliphatic carbocycles. The number of piperidine rings is 1. The molecule has 6 nitrogen and oxygen atoms in total. The van der Waals surface area contributed by atoms with Crippen LogP contribution in [0.3, 0.4) is 0 Å². The van der Waals surface area contributed by atoms with E-state index >= 15 is 0 Å². The zero-order chi connectivity index (χ0) is 15.5. The summed E-state index contributed by atoms with van der Waals surface area (Å²) < 4.78 is 5.38. The second kappa shape index (κ2) is 6.64. The zero-order valence-corrected chi connectivity index (χ0v) is 12.9. The maximum absolute atomic E-state index is 12.1. The van der Waals surface area contributed by atoms with Crippen LogP contribution in [0.1, 0.15) is 46.0 Å². The summed E-state index contributed by atoms with van der Waals surface area (Å²) in [6.07, 6.45) is 3.54. The zero-order valence-electron chi connectivity index (χ0n) is 12.9. The van der Waals surface area contributed by atoms with Gasteiger partial charge in [-0.25, -0.2) is 9.59 Å². The fourth-order valence-corrected chi connectivity index (χ4v) is 2.95. The molecule has 2 heterocycles. The molecule has 2 saturated heterocycles. The van der Waals surface area contributed by atoms with E-state index in [1.807, 2.05) is 4.90 Å². The highest BCUT2D eigenvalue weighted by atomic mass is 16.5. The minimum Gasteiger partial charge on any atom is -0.479 e. The van der Waals surface area contributed by atoms with Gasteiger partial charge < -0.3 is 20.1 Å². The van der Waals surface area contributed by atoms with E-state index in [9.17, 15) is 9.59 Å². The Morgan fingerprint density at radius 1 is 1.33 bits per heavy atom. The number of ether oxygens (including phenoxy) is 1. The number of urea groups is 1. The first-order valence-corrected chi connectivity index (χ1v) is 7.84. The summed E-state index contributed by atoms with van der Waals surface area (Å²) in [6, 6.07) is -0.0597. The maximum Gasteiger partial charge on any atom is 0.332 e. The van der Waals surface area contributed by atoms with E-state index in [0.29, 0.717) is 24.8 Å². The molecule has 2 atom stereocenters. The number of nitrogens with one attached hydrogen (secondary N) is 1. The third-order valence-corrected chi connectivity index (χ3v) is 4.98. The standard InChI is InChI=1S/C15H26N2O4/c1-3-15(2)6-8-17(9-7-15)14(20)16-10-11-4-5-12(21-11)13(18)19/h11-12H,3-10H2,1-2H3,(H,16,20)(H,18,19). The van der Waals surface area contributed by atoms with E-state index in [2.05, 4.69) is 19.2 Å². The molecule has 2 fully saturated rings. The Morgan fingerprint density at radius 3 is 2.52 bits per heavy atom. The molecule has 0 spiro atoms. The normalized spacial score (nSPS) is 28.4. The third kappa shape index (κ3) is 4.09. The van der Waals surface area contributed by atoms with Crippen LogP contribution in [0.25, 0.3) is 0 Å². The third-order valence-electron chi connectivity index (χ3n) is 4.98. The lowest BCUT2D eigenvalue weighted by Gasteiger charge is -2.38. The summed E-state index contributed by atoms with van der Waals surface area (Å²) in [6.45, 7) is 6.45. The van der Waals surface area contributed by atoms with Crippen molar-refractivity contribution in [1.82, 2.24) is 10.2 Å². The second-order valence-corrected chi connectivity index (χ2v) is 6.50. The predicted molar refractivity (Wildman–Crippen MR) is 78.1 cm³/mol. The van der Waals surface area contributed by atoms with Gasteiger partial charge in [0.05, 0.1) is 6.10 Å². The first-order valence-electron chi connectivity index (χ1n) is 7.84. The molecule has 2 amide bonds. The molecule has 120 valence electrons. The molecule has 6 heteroatoms. The van der Waals surface area contributed by atoms with Gasteiger partial charge in [-0.15, -0.1) is 0 Å². The molecule has 0 aromatic carbocycles. The van der Waals surface area contributed by atoms with Gasteiger partial charge in [-0.1, -0.05) is 20.3 Å². The average Bonchev–Trinajstić information content (AvgIpc) is 2.95. The quantitative estimate of drug-likeness (QED) is 0.830. The molecule has 0 saturated carbocycles. The second-order valence-electron chi connectivity index (χ2n) is 6.50. The number of carboxylic acid groups (broad SMARTS) is 1. The van der Waals surface area contributed by atoms with Crippen LogP contribution in [-0.2, 0) is 9.53 Å². The topological polar surface area (TPSA) is 78.9 Å². The predicted octanol–water partition coefficient (Wildman–Crippen LogP) is 1.84. The van der Waals surface area contributed by atoms with Crippen LogP contribution >= 0.6 is 0 Å². The number of carbonyl (C=O) groups excluding carboxylic acids is 1. The van der Waals surface area contributed by atoms with Gasteiger partial charge in [-0.05, 0) is 31.1 Å². The van der Waals surface area contributed by atoms with Crippen LogP contribution in [0, 0.1) is 5.41 Å². The van der Waals surface area contributed by atoms with Crippen LogP contribution in [0.2, 0.25) is 0 Å². The van der Waals surface area contributed by atoms with Crippen LogP contribution in [0.15, 0.2) is 0 Å². The summed E-state index contributed by atoms with van der Waals surface area (Å²) in [7, 11) is 0. The number of hydrogen-bond acceptors (Lipinski definition) is 3. The van der Waals surface area contributed by atoms with Crippen molar-refractivity contribution in [2.75, 3.05) is 19.6 Å². The molecule has 21 heavy (non-hydrogen) atoms. The Kier molecular flexibility index (Phi) is 5.08. The lowest BCUT2D eigenvalue weighted by molar-refractivity contribution is -0.149. The van der Waals surface area contributed by atoms with Gasteiger partial charge in [-0.3, -0.25) is 0 Å². The number of carbonyl (C=O) groups is 2. The maximum atomic E-state index is 12.1. The van der Waals surface area contributed by atoms with E-state index in [-0.39, 0.29) is 12.1 Å². The van der Waals surface area contributed by atoms with Gasteiger partial charge in [0.1, 0.15) is 0 Å². The molecule has 0 bridgehead atoms. The van der Waals surface area contributed by atoms with E-state index in [1.165, 1.54) is 0 Å². The van der Waals surface area contributed by atoms with Gasteiger partial charge >= 0.3 is 12.0 Å². The monoisotopic (exact) mass is 298 g/mol. The largest absolute Gasteiger partial charge is 0.479 e. The minimum atomic E-state index is -0.918. The summed E-state index contributed by atoms with van der Waals surface area (Å²) >= 11 is 0. The highest BCUT2D eigenvalue weighted by Gasteiger charge is 2.32. The summed E-state index contributed by atoms with van der Waals surface area (Å²) in [5, 5.41) is 11.7. The smallest absolute Gasteiger partial charge is 0.332 e. The van der Waals surface area contributed by atoms with E-state index in [0.717, 1.165) is 32.4 Å². The van der Waals surface area contributed by atoms with Crippen molar-refractivity contribution in [1.29, 1.82) is 0 Å². The molecule has 0 aromatic heterocycles. The number of carboxylic acids is 1. The SMILES string of the molecule is CCC1(C)CCN(C(=O)NCC2CCC(C(=O)O)O2)CC1. The van der Waals surface area contributed by atoms with Gasteiger partial charge in [0.2, 0.25) is 0 Å². The van der Waals surface area contributed by atoms with Crippen LogP contribution in [0.5, 0.6) is 0 Å². The highest BCUT2D eigenvalue weighted by Crippen LogP contribution is 2.33. The van der Waals surface area contributed by atoms with Crippen LogP contribution in [0.4, 0.5) is 4.79 Å². The Labute approximate surface area is 125 Å². The molecule has 0 radical (unpaired) electrons. The summed E-state index contributed by atoms with van der Waals surface area (Å²) in [5.41, 5.74) is 0.361. The van der Waals surface area contributed by atoms with Crippen molar-refractivity contribution in [3.05, 3.63) is 0 Å². The van der Waals surface area contributed by atoms with Gasteiger partial charge in [-0.2, -0.15) is 0 Å². The van der Waals surface area contributed by atoms with Crippen molar-refractivity contribution in [2.24, 2.45) is 5.41 Å². The molecule has 2 N–H and O–H groups in total. The molecule has 2 aliphatic rings. The Balaban J connectivity index is 1.70. The molecule has 0 aromatic rings. The highest BCUT2D eigenvalue weighted by molar-refractivity contribution is 5.74. The van der Waals surface area contributed by atoms with Gasteiger partial charge in [0.15, 0.2) is 6.10 Å². The first-order chi connectivity index (χ1) is 9.93. The Morgan fingerprint density at radius 2 is 2.00 bits per heavy atom. The lowest BCUT2D eigenvalue weighted by Crippen LogP contribution is -2.48. The molecular formula is C15H26N2O4. The van der Waals surface area contributed by atoms with Crippen LogP contribution < -0.4 is 5.32 Å². The number of rotatable bonds is 4. The minimum absolute atomic E-state index is 0.0597. The van der Waals surface area contributed by atoms with Crippen LogP contribution in [-0.4, -0.2) is 53.8 Å². The number of nitrogens with zero attached hydrogens (tertiary/aromatic N) is 1. The molecule has 2 rings (SSSR count). The lowest BCUT2D eigenvalue weighted by atomic mass is 9.78. The summed E-state index contributed by atoms with van der Waals surface area (Å²) in [5.74, 6) is -0.918.